The summed E-state index contributed by atoms with van der Waals surface area (Å²) in [6.45, 7) is 3.62. The summed E-state index contributed by atoms with van der Waals surface area (Å²) in [4.78, 5) is 17.1. The van der Waals surface area contributed by atoms with E-state index in [4.69, 9.17) is 0 Å². The molecule has 0 N–H and O–H groups in total. The maximum absolute atomic E-state index is 13.1. The smallest absolute Gasteiger partial charge is 0.264 e. The van der Waals surface area contributed by atoms with Gasteiger partial charge in [-0.15, -0.1) is 11.3 Å². The number of benzene rings is 1. The molecule has 4 heteroatoms. The lowest BCUT2D eigenvalue weighted by molar-refractivity contribution is 0.0669. The highest BCUT2D eigenvalue weighted by molar-refractivity contribution is 7.13. The second-order valence-corrected chi connectivity index (χ2v) is 7.14. The second kappa shape index (κ2) is 5.70. The number of hydrogen-bond acceptors (Lipinski definition) is 2. The molecule has 1 aliphatic heterocycles. The Balaban J connectivity index is 1.78. The van der Waals surface area contributed by atoms with Crippen molar-refractivity contribution in [1.29, 1.82) is 0 Å². The molecule has 0 saturated heterocycles. The van der Waals surface area contributed by atoms with Gasteiger partial charge in [0.1, 0.15) is 0 Å². The molecule has 3 nitrogen and oxygen atoms in total. The van der Waals surface area contributed by atoms with Gasteiger partial charge in [-0.2, -0.15) is 0 Å². The third kappa shape index (κ3) is 2.49. The summed E-state index contributed by atoms with van der Waals surface area (Å²) < 4.78 is 2.25. The molecule has 1 aromatic carbocycles. The third-order valence-electron chi connectivity index (χ3n) is 4.37. The van der Waals surface area contributed by atoms with Crippen molar-refractivity contribution in [3.05, 3.63) is 81.8 Å². The number of carbonyl (C=O) groups is 1. The molecule has 1 aliphatic rings. The number of rotatable bonds is 2. The van der Waals surface area contributed by atoms with Crippen LogP contribution in [-0.2, 0) is 6.54 Å². The van der Waals surface area contributed by atoms with Gasteiger partial charge in [0.2, 0.25) is 0 Å². The molecule has 0 fully saturated rings. The first kappa shape index (κ1) is 14.3. The van der Waals surface area contributed by atoms with Gasteiger partial charge in [0.25, 0.3) is 5.91 Å². The van der Waals surface area contributed by atoms with Crippen LogP contribution >= 0.6 is 11.3 Å². The Morgan fingerprint density at radius 2 is 1.87 bits per heavy atom. The van der Waals surface area contributed by atoms with Crippen molar-refractivity contribution in [1.82, 2.24) is 9.47 Å². The lowest BCUT2D eigenvalue weighted by Gasteiger charge is -2.37. The molecule has 1 atom stereocenters. The van der Waals surface area contributed by atoms with Crippen LogP contribution in [0.25, 0.3) is 0 Å². The van der Waals surface area contributed by atoms with Gasteiger partial charge in [0.15, 0.2) is 0 Å². The molecule has 3 heterocycles. The number of aryl methyl sites for hydroxylation is 1. The van der Waals surface area contributed by atoms with E-state index in [-0.39, 0.29) is 11.9 Å². The number of carbonyl (C=O) groups excluding carboxylic acids is 1. The van der Waals surface area contributed by atoms with Crippen LogP contribution in [0.5, 0.6) is 0 Å². The average molecular weight is 322 g/mol. The Morgan fingerprint density at radius 3 is 2.61 bits per heavy atom. The molecule has 0 aliphatic carbocycles. The first-order valence-corrected chi connectivity index (χ1v) is 8.63. The Bertz CT molecular complexity index is 834. The molecule has 23 heavy (non-hydrogen) atoms. The predicted molar refractivity (Wildman–Crippen MR) is 92.8 cm³/mol. The van der Waals surface area contributed by atoms with E-state index in [0.717, 1.165) is 23.5 Å². The maximum atomic E-state index is 13.1. The summed E-state index contributed by atoms with van der Waals surface area (Å²) in [5.41, 5.74) is 2.35. The van der Waals surface area contributed by atoms with Crippen LogP contribution in [0.15, 0.2) is 60.8 Å². The van der Waals surface area contributed by atoms with Crippen LogP contribution in [-0.4, -0.2) is 21.9 Å². The van der Waals surface area contributed by atoms with Crippen LogP contribution in [0.1, 0.15) is 31.8 Å². The molecular formula is C19H18N2OS. The zero-order valence-corrected chi connectivity index (χ0v) is 13.8. The lowest BCUT2D eigenvalue weighted by Crippen LogP contribution is -2.42. The van der Waals surface area contributed by atoms with E-state index in [0.29, 0.717) is 0 Å². The number of fused-ring (bicyclic) bond motifs is 1. The normalized spacial score (nSPS) is 17.1. The van der Waals surface area contributed by atoms with Crippen molar-refractivity contribution in [3.8, 4) is 0 Å². The number of nitrogens with zero attached hydrogens (tertiary/aromatic N) is 2. The monoisotopic (exact) mass is 322 g/mol. The summed E-state index contributed by atoms with van der Waals surface area (Å²) >= 11 is 1.57. The number of aromatic nitrogens is 1. The molecular weight excluding hydrogens is 304 g/mol. The summed E-state index contributed by atoms with van der Waals surface area (Å²) in [5.74, 6) is 0.129. The minimum atomic E-state index is -0.0187. The topological polar surface area (TPSA) is 25.2 Å². The van der Waals surface area contributed by atoms with Gasteiger partial charge in [-0.05, 0) is 36.8 Å². The standard InChI is InChI=1S/C19H18N2OS/c1-14-9-10-17(23-14)19(22)21-13-12-20-11-5-8-16(20)18(21)15-6-3-2-4-7-15/h2-11,18H,12-13H2,1H3. The Morgan fingerprint density at radius 1 is 1.04 bits per heavy atom. The molecule has 116 valence electrons. The highest BCUT2D eigenvalue weighted by Crippen LogP contribution is 2.34. The van der Waals surface area contributed by atoms with Crippen molar-refractivity contribution in [2.24, 2.45) is 0 Å². The summed E-state index contributed by atoms with van der Waals surface area (Å²) in [6.07, 6.45) is 2.10. The van der Waals surface area contributed by atoms with Crippen molar-refractivity contribution in [2.75, 3.05) is 6.54 Å². The zero-order chi connectivity index (χ0) is 15.8. The Labute approximate surface area is 139 Å². The minimum absolute atomic E-state index is 0.0187. The fraction of sp³-hybridized carbons (Fsp3) is 0.211. The van der Waals surface area contributed by atoms with E-state index in [2.05, 4.69) is 35.0 Å². The fourth-order valence-electron chi connectivity index (χ4n) is 3.28. The average Bonchev–Trinajstić information content (AvgIpc) is 3.22. The number of hydrogen-bond donors (Lipinski definition) is 0. The molecule has 4 rings (SSSR count). The molecule has 0 radical (unpaired) electrons. The first-order valence-electron chi connectivity index (χ1n) is 7.81. The van der Waals surface area contributed by atoms with E-state index < -0.39 is 0 Å². The van der Waals surface area contributed by atoms with E-state index in [1.165, 1.54) is 10.6 Å². The molecule has 2 aromatic heterocycles. The fourth-order valence-corrected chi connectivity index (χ4v) is 4.10. The van der Waals surface area contributed by atoms with E-state index >= 15 is 0 Å². The van der Waals surface area contributed by atoms with Crippen molar-refractivity contribution in [3.63, 3.8) is 0 Å². The van der Waals surface area contributed by atoms with Crippen LogP contribution in [0.2, 0.25) is 0 Å². The number of amides is 1. The van der Waals surface area contributed by atoms with Gasteiger partial charge < -0.3 is 9.47 Å². The quantitative estimate of drug-likeness (QED) is 0.697. The van der Waals surface area contributed by atoms with Crippen LogP contribution in [0, 0.1) is 6.92 Å². The van der Waals surface area contributed by atoms with Gasteiger partial charge in [0.05, 0.1) is 10.9 Å². The van der Waals surface area contributed by atoms with E-state index in [9.17, 15) is 4.79 Å². The molecule has 0 saturated carbocycles. The van der Waals surface area contributed by atoms with Gasteiger partial charge >= 0.3 is 0 Å². The van der Waals surface area contributed by atoms with E-state index in [1.807, 2.05) is 42.2 Å². The second-order valence-electron chi connectivity index (χ2n) is 5.85. The van der Waals surface area contributed by atoms with Crippen molar-refractivity contribution in [2.45, 2.75) is 19.5 Å². The maximum Gasteiger partial charge on any atom is 0.264 e. The molecule has 1 unspecified atom stereocenters. The summed E-state index contributed by atoms with van der Waals surface area (Å²) in [7, 11) is 0. The molecule has 1 amide bonds. The van der Waals surface area contributed by atoms with E-state index in [1.54, 1.807) is 11.3 Å². The third-order valence-corrected chi connectivity index (χ3v) is 5.35. The predicted octanol–water partition coefficient (Wildman–Crippen LogP) is 4.10. The first-order chi connectivity index (χ1) is 11.2. The SMILES string of the molecule is Cc1ccc(C(=O)N2CCn3cccc3C2c2ccccc2)s1. The van der Waals surface area contributed by atoms with Gasteiger partial charge in [0, 0.05) is 29.9 Å². The van der Waals surface area contributed by atoms with Gasteiger partial charge in [-0.3, -0.25) is 4.79 Å². The van der Waals surface area contributed by atoms with Crippen LogP contribution in [0.3, 0.4) is 0 Å². The Hall–Kier alpha value is -2.33. The van der Waals surface area contributed by atoms with Crippen LogP contribution < -0.4 is 0 Å². The van der Waals surface area contributed by atoms with Gasteiger partial charge in [-0.1, -0.05) is 30.3 Å². The highest BCUT2D eigenvalue weighted by Gasteiger charge is 2.32. The van der Waals surface area contributed by atoms with Crippen molar-refractivity contribution >= 4 is 17.2 Å². The van der Waals surface area contributed by atoms with Crippen molar-refractivity contribution < 1.29 is 4.79 Å². The lowest BCUT2D eigenvalue weighted by atomic mass is 10.00. The highest BCUT2D eigenvalue weighted by atomic mass is 32.1. The summed E-state index contributed by atoms with van der Waals surface area (Å²) in [5, 5.41) is 0. The zero-order valence-electron chi connectivity index (χ0n) is 13.0. The van der Waals surface area contributed by atoms with Gasteiger partial charge in [-0.25, -0.2) is 0 Å². The van der Waals surface area contributed by atoms with Crippen LogP contribution in [0.4, 0.5) is 0 Å². The minimum Gasteiger partial charge on any atom is -0.348 e. The molecule has 3 aromatic rings. The largest absolute Gasteiger partial charge is 0.348 e. The Kier molecular flexibility index (Phi) is 3.54. The number of thiophene rings is 1. The summed E-state index contributed by atoms with van der Waals surface area (Å²) in [6, 6.07) is 18.4. The molecule has 0 bridgehead atoms. The molecule has 0 spiro atoms.